The molecule has 0 atom stereocenters. The second-order valence-corrected chi connectivity index (χ2v) is 7.81. The molecule has 28 heavy (non-hydrogen) atoms. The number of oxazole rings is 1. The summed E-state index contributed by atoms with van der Waals surface area (Å²) < 4.78 is 38.7. The highest BCUT2D eigenvalue weighted by Gasteiger charge is 2.19. The van der Waals surface area contributed by atoms with Gasteiger partial charge in [-0.25, -0.2) is 18.2 Å². The maximum atomic E-state index is 12.6. The normalized spacial score (nSPS) is 11.5. The average Bonchev–Trinajstić information content (AvgIpc) is 2.96. The minimum absolute atomic E-state index is 0.0491. The molecule has 2 heterocycles. The molecule has 0 aliphatic carbocycles. The van der Waals surface area contributed by atoms with E-state index in [1.165, 1.54) is 24.4 Å². The number of nitrogens with one attached hydrogen (secondary N) is 1. The lowest BCUT2D eigenvalue weighted by atomic mass is 10.3. The number of esters is 1. The fourth-order valence-corrected chi connectivity index (χ4v) is 3.50. The second-order valence-electron chi connectivity index (χ2n) is 6.13. The molecular weight excluding hydrogens is 386 g/mol. The molecule has 0 saturated carbocycles. The Bertz CT molecular complexity index is 1160. The van der Waals surface area contributed by atoms with Crippen LogP contribution in [0, 0.1) is 6.92 Å². The SMILES string of the molecule is CCCOC(=O)Cn1c(=O)oc2cc(S(=O)(=O)Nc3ccc(C)cn3)ccc21. The van der Waals surface area contributed by atoms with Crippen molar-refractivity contribution in [3.05, 3.63) is 52.6 Å². The van der Waals surface area contributed by atoms with Crippen LogP contribution in [0.25, 0.3) is 11.1 Å². The zero-order valence-corrected chi connectivity index (χ0v) is 16.2. The second kappa shape index (κ2) is 7.85. The van der Waals surface area contributed by atoms with Crippen LogP contribution < -0.4 is 10.5 Å². The lowest BCUT2D eigenvalue weighted by Gasteiger charge is -2.08. The van der Waals surface area contributed by atoms with Gasteiger partial charge < -0.3 is 9.15 Å². The summed E-state index contributed by atoms with van der Waals surface area (Å²) in [6, 6.07) is 7.22. The minimum atomic E-state index is -3.93. The summed E-state index contributed by atoms with van der Waals surface area (Å²) in [5.74, 6) is -1.18. The van der Waals surface area contributed by atoms with Crippen molar-refractivity contribution < 1.29 is 22.4 Å². The number of ether oxygens (including phenoxy) is 1. The van der Waals surface area contributed by atoms with Gasteiger partial charge in [0.15, 0.2) is 5.58 Å². The van der Waals surface area contributed by atoms with Gasteiger partial charge in [0.1, 0.15) is 12.4 Å². The molecule has 2 aromatic heterocycles. The average molecular weight is 405 g/mol. The Morgan fingerprint density at radius 2 is 2.07 bits per heavy atom. The zero-order valence-electron chi connectivity index (χ0n) is 15.3. The standard InChI is InChI=1S/C18H19N3O6S/c1-3-8-26-17(22)11-21-14-6-5-13(9-15(14)27-18(21)23)28(24,25)20-16-7-4-12(2)10-19-16/h4-7,9-10H,3,8,11H2,1-2H3,(H,19,20). The molecule has 0 amide bonds. The van der Waals surface area contributed by atoms with Gasteiger partial charge in [-0.1, -0.05) is 13.0 Å². The molecule has 0 radical (unpaired) electrons. The Kier molecular flexibility index (Phi) is 5.50. The van der Waals surface area contributed by atoms with Gasteiger partial charge in [-0.15, -0.1) is 0 Å². The molecule has 0 saturated heterocycles. The molecular formula is C18H19N3O6S. The lowest BCUT2D eigenvalue weighted by Crippen LogP contribution is -2.21. The fourth-order valence-electron chi connectivity index (χ4n) is 2.48. The molecule has 1 N–H and O–H groups in total. The van der Waals surface area contributed by atoms with Crippen LogP contribution in [0.4, 0.5) is 5.82 Å². The van der Waals surface area contributed by atoms with Crippen molar-refractivity contribution in [2.45, 2.75) is 31.7 Å². The Morgan fingerprint density at radius 3 is 2.75 bits per heavy atom. The van der Waals surface area contributed by atoms with E-state index in [0.717, 1.165) is 10.1 Å². The predicted octanol–water partition coefficient (Wildman–Crippen LogP) is 2.05. The van der Waals surface area contributed by atoms with E-state index >= 15 is 0 Å². The van der Waals surface area contributed by atoms with Crippen LogP contribution in [-0.4, -0.2) is 30.5 Å². The number of aromatic nitrogens is 2. The van der Waals surface area contributed by atoms with Crippen molar-refractivity contribution in [1.29, 1.82) is 0 Å². The summed E-state index contributed by atoms with van der Waals surface area (Å²) in [5.41, 5.74) is 1.24. The molecule has 3 aromatic rings. The number of aryl methyl sites for hydroxylation is 1. The maximum absolute atomic E-state index is 12.6. The van der Waals surface area contributed by atoms with Gasteiger partial charge in [0.05, 0.1) is 17.0 Å². The predicted molar refractivity (Wildman–Crippen MR) is 102 cm³/mol. The monoisotopic (exact) mass is 405 g/mol. The van der Waals surface area contributed by atoms with E-state index < -0.39 is 21.7 Å². The summed E-state index contributed by atoms with van der Waals surface area (Å²) in [6.45, 7) is 3.63. The van der Waals surface area contributed by atoms with Crippen LogP contribution in [-0.2, 0) is 26.1 Å². The van der Waals surface area contributed by atoms with Crippen molar-refractivity contribution in [3.63, 3.8) is 0 Å². The third-order valence-corrected chi connectivity index (χ3v) is 5.21. The first-order valence-corrected chi connectivity index (χ1v) is 10.0. The first-order chi connectivity index (χ1) is 13.3. The van der Waals surface area contributed by atoms with Gasteiger partial charge in [0.2, 0.25) is 0 Å². The van der Waals surface area contributed by atoms with Crippen LogP contribution >= 0.6 is 0 Å². The molecule has 148 valence electrons. The molecule has 0 spiro atoms. The van der Waals surface area contributed by atoms with E-state index in [4.69, 9.17) is 9.15 Å². The number of carbonyl (C=O) groups is 1. The number of pyridine rings is 1. The van der Waals surface area contributed by atoms with Crippen molar-refractivity contribution >= 4 is 32.9 Å². The first kappa shape index (κ1) is 19.6. The van der Waals surface area contributed by atoms with E-state index in [1.54, 1.807) is 12.1 Å². The third kappa shape index (κ3) is 4.22. The number of benzene rings is 1. The van der Waals surface area contributed by atoms with E-state index in [1.807, 2.05) is 13.8 Å². The van der Waals surface area contributed by atoms with Crippen molar-refractivity contribution in [1.82, 2.24) is 9.55 Å². The molecule has 0 aliphatic rings. The number of fused-ring (bicyclic) bond motifs is 1. The van der Waals surface area contributed by atoms with Crippen LogP contribution in [0.5, 0.6) is 0 Å². The zero-order chi connectivity index (χ0) is 20.3. The Labute approximate surface area is 161 Å². The number of sulfonamides is 1. The fraction of sp³-hybridized carbons (Fsp3) is 0.278. The van der Waals surface area contributed by atoms with Gasteiger partial charge >= 0.3 is 11.7 Å². The summed E-state index contributed by atoms with van der Waals surface area (Å²) in [5, 5.41) is 0. The Morgan fingerprint density at radius 1 is 1.29 bits per heavy atom. The highest BCUT2D eigenvalue weighted by molar-refractivity contribution is 7.92. The summed E-state index contributed by atoms with van der Waals surface area (Å²) >= 11 is 0. The maximum Gasteiger partial charge on any atom is 0.420 e. The number of hydrogen-bond acceptors (Lipinski definition) is 7. The van der Waals surface area contributed by atoms with Gasteiger partial charge in [0.25, 0.3) is 10.0 Å². The molecule has 0 unspecified atom stereocenters. The molecule has 9 nitrogen and oxygen atoms in total. The van der Waals surface area contributed by atoms with E-state index in [2.05, 4.69) is 9.71 Å². The van der Waals surface area contributed by atoms with Crippen LogP contribution in [0.15, 0.2) is 50.6 Å². The number of hydrogen-bond donors (Lipinski definition) is 1. The molecule has 10 heteroatoms. The molecule has 0 bridgehead atoms. The number of nitrogens with zero attached hydrogens (tertiary/aromatic N) is 2. The van der Waals surface area contributed by atoms with Crippen molar-refractivity contribution in [2.75, 3.05) is 11.3 Å². The van der Waals surface area contributed by atoms with Gasteiger partial charge in [-0.2, -0.15) is 0 Å². The number of rotatable bonds is 7. The lowest BCUT2D eigenvalue weighted by molar-refractivity contribution is -0.144. The van der Waals surface area contributed by atoms with Crippen LogP contribution in [0.3, 0.4) is 0 Å². The Balaban J connectivity index is 1.89. The topological polar surface area (TPSA) is 120 Å². The largest absolute Gasteiger partial charge is 0.464 e. The summed E-state index contributed by atoms with van der Waals surface area (Å²) in [4.78, 5) is 27.7. The number of carbonyl (C=O) groups excluding carboxylic acids is 1. The van der Waals surface area contributed by atoms with Crippen LogP contribution in [0.2, 0.25) is 0 Å². The summed E-state index contributed by atoms with van der Waals surface area (Å²) in [6.07, 6.45) is 2.20. The Hall–Kier alpha value is -3.14. The smallest absolute Gasteiger partial charge is 0.420 e. The quantitative estimate of drug-likeness (QED) is 0.597. The number of anilines is 1. The first-order valence-electron chi connectivity index (χ1n) is 8.54. The molecule has 0 fully saturated rings. The van der Waals surface area contributed by atoms with Crippen molar-refractivity contribution in [2.24, 2.45) is 0 Å². The van der Waals surface area contributed by atoms with Crippen LogP contribution in [0.1, 0.15) is 18.9 Å². The van der Waals surface area contributed by atoms with E-state index in [0.29, 0.717) is 11.9 Å². The van der Waals surface area contributed by atoms with E-state index in [-0.39, 0.29) is 29.4 Å². The van der Waals surface area contributed by atoms with Gasteiger partial charge in [-0.05, 0) is 37.1 Å². The molecule has 1 aromatic carbocycles. The van der Waals surface area contributed by atoms with E-state index in [9.17, 15) is 18.0 Å². The molecule has 3 rings (SSSR count). The van der Waals surface area contributed by atoms with Gasteiger partial charge in [0, 0.05) is 12.3 Å². The summed E-state index contributed by atoms with van der Waals surface area (Å²) in [7, 11) is -3.93. The molecule has 0 aliphatic heterocycles. The third-order valence-electron chi connectivity index (χ3n) is 3.85. The highest BCUT2D eigenvalue weighted by Crippen LogP contribution is 2.20. The minimum Gasteiger partial charge on any atom is -0.464 e. The highest BCUT2D eigenvalue weighted by atomic mass is 32.2. The van der Waals surface area contributed by atoms with Crippen molar-refractivity contribution in [3.8, 4) is 0 Å². The van der Waals surface area contributed by atoms with Gasteiger partial charge in [-0.3, -0.25) is 14.1 Å².